The van der Waals surface area contributed by atoms with Crippen molar-refractivity contribution in [2.24, 2.45) is 0 Å². The molecule has 0 fully saturated rings. The second-order valence-electron chi connectivity index (χ2n) is 4.97. The minimum Gasteiger partial charge on any atom is -0.410 e. The second-order valence-corrected chi connectivity index (χ2v) is 7.21. The topological polar surface area (TPSA) is 68.0 Å². The maximum atomic E-state index is 12.2. The third kappa shape index (κ3) is 4.00. The van der Waals surface area contributed by atoms with Crippen LogP contribution in [0.25, 0.3) is 10.8 Å². The summed E-state index contributed by atoms with van der Waals surface area (Å²) in [6, 6.07) is 11.5. The van der Waals surface area contributed by atoms with E-state index in [-0.39, 0.29) is 11.2 Å². The number of aryl methyl sites for hydroxylation is 1. The van der Waals surface area contributed by atoms with Crippen molar-refractivity contribution in [2.75, 3.05) is 5.32 Å². The molecule has 0 bridgehead atoms. The number of hydrogen-bond acceptors (Lipinski definition) is 6. The lowest BCUT2D eigenvalue weighted by molar-refractivity contribution is -0.115. The molecule has 1 amide bonds. The van der Waals surface area contributed by atoms with Gasteiger partial charge in [0.15, 0.2) is 0 Å². The number of hydrogen-bond donors (Lipinski definition) is 1. The predicted octanol–water partition coefficient (Wildman–Crippen LogP) is 4.23. The van der Waals surface area contributed by atoms with E-state index in [0.29, 0.717) is 11.1 Å². The number of carbonyl (C=O) groups excluding carboxylic acids is 1. The van der Waals surface area contributed by atoms with Crippen molar-refractivity contribution >= 4 is 34.7 Å². The number of carbonyl (C=O) groups is 1. The molecule has 5 nitrogen and oxygen atoms in total. The zero-order chi connectivity index (χ0) is 16.2. The van der Waals surface area contributed by atoms with Crippen LogP contribution in [0.4, 0.5) is 5.69 Å². The number of nitrogens with one attached hydrogen (secondary N) is 1. The van der Waals surface area contributed by atoms with Crippen LogP contribution in [0.15, 0.2) is 51.4 Å². The first-order valence-electron chi connectivity index (χ1n) is 7.03. The second kappa shape index (κ2) is 6.97. The molecule has 0 aliphatic rings. The maximum Gasteiger partial charge on any atom is 0.277 e. The van der Waals surface area contributed by atoms with Crippen molar-refractivity contribution in [3.8, 4) is 10.8 Å². The molecular formula is C16H15N3O2S2. The van der Waals surface area contributed by atoms with Crippen molar-refractivity contribution in [1.29, 1.82) is 0 Å². The fourth-order valence-electron chi connectivity index (χ4n) is 1.93. The molecule has 0 radical (unpaired) electrons. The van der Waals surface area contributed by atoms with E-state index in [9.17, 15) is 4.79 Å². The summed E-state index contributed by atoms with van der Waals surface area (Å²) in [6.07, 6.45) is 0. The van der Waals surface area contributed by atoms with Crippen LogP contribution in [-0.4, -0.2) is 21.4 Å². The summed E-state index contributed by atoms with van der Waals surface area (Å²) >= 11 is 2.78. The third-order valence-corrected chi connectivity index (χ3v) is 4.86. The van der Waals surface area contributed by atoms with E-state index in [1.807, 2.05) is 55.6 Å². The first-order chi connectivity index (χ1) is 11.1. The lowest BCUT2D eigenvalue weighted by Crippen LogP contribution is -2.22. The van der Waals surface area contributed by atoms with Gasteiger partial charge in [-0.1, -0.05) is 30.0 Å². The Morgan fingerprint density at radius 2 is 2.17 bits per heavy atom. The van der Waals surface area contributed by atoms with Crippen LogP contribution in [0.3, 0.4) is 0 Å². The molecule has 0 aliphatic heterocycles. The number of thiophene rings is 1. The number of benzene rings is 1. The van der Waals surface area contributed by atoms with Crippen LogP contribution >= 0.6 is 23.1 Å². The number of anilines is 1. The van der Waals surface area contributed by atoms with E-state index in [2.05, 4.69) is 15.5 Å². The van der Waals surface area contributed by atoms with Crippen molar-refractivity contribution in [2.45, 2.75) is 24.3 Å². The summed E-state index contributed by atoms with van der Waals surface area (Å²) in [5.41, 5.74) is 1.88. The molecule has 0 saturated carbocycles. The number of amides is 1. The Hall–Kier alpha value is -2.12. The molecule has 0 aliphatic carbocycles. The predicted molar refractivity (Wildman–Crippen MR) is 92.7 cm³/mol. The van der Waals surface area contributed by atoms with Gasteiger partial charge < -0.3 is 9.73 Å². The summed E-state index contributed by atoms with van der Waals surface area (Å²) in [5.74, 6) is 0.380. The molecule has 3 aromatic rings. The molecule has 7 heteroatoms. The summed E-state index contributed by atoms with van der Waals surface area (Å²) in [5, 5.41) is 12.9. The number of aromatic nitrogens is 2. The fourth-order valence-corrected chi connectivity index (χ4v) is 3.26. The van der Waals surface area contributed by atoms with Gasteiger partial charge >= 0.3 is 0 Å². The van der Waals surface area contributed by atoms with E-state index >= 15 is 0 Å². The standard InChI is InChI=1S/C16H15N3O2S2/c1-10-5-3-6-12(9-10)17-14(20)11(2)23-16-19-18-15(21-16)13-7-4-8-22-13/h3-9,11H,1-2H3,(H,17,20)/t11-/m0/s1. The number of thioether (sulfide) groups is 1. The maximum absolute atomic E-state index is 12.2. The van der Waals surface area contributed by atoms with Gasteiger partial charge in [-0.25, -0.2) is 0 Å². The summed E-state index contributed by atoms with van der Waals surface area (Å²) in [6.45, 7) is 3.79. The van der Waals surface area contributed by atoms with E-state index < -0.39 is 0 Å². The first-order valence-corrected chi connectivity index (χ1v) is 8.79. The van der Waals surface area contributed by atoms with Gasteiger partial charge in [0.05, 0.1) is 10.1 Å². The van der Waals surface area contributed by atoms with Gasteiger partial charge in [-0.05, 0) is 43.0 Å². The average Bonchev–Trinajstić information content (AvgIpc) is 3.17. The Bertz CT molecular complexity index is 799. The number of nitrogens with zero attached hydrogens (tertiary/aromatic N) is 2. The van der Waals surface area contributed by atoms with Gasteiger partial charge in [-0.3, -0.25) is 4.79 Å². The van der Waals surface area contributed by atoms with Crippen LogP contribution in [0.1, 0.15) is 12.5 Å². The SMILES string of the molecule is Cc1cccc(NC(=O)[C@H](C)Sc2nnc(-c3cccs3)o2)c1. The number of rotatable bonds is 5. The van der Waals surface area contributed by atoms with Crippen LogP contribution < -0.4 is 5.32 Å². The molecule has 0 spiro atoms. The molecule has 1 atom stereocenters. The summed E-state index contributed by atoms with van der Waals surface area (Å²) in [4.78, 5) is 13.2. The Balaban J connectivity index is 1.62. The highest BCUT2D eigenvalue weighted by Crippen LogP contribution is 2.28. The highest BCUT2D eigenvalue weighted by molar-refractivity contribution is 8.00. The van der Waals surface area contributed by atoms with Crippen molar-refractivity contribution in [1.82, 2.24) is 10.2 Å². The highest BCUT2D eigenvalue weighted by atomic mass is 32.2. The van der Waals surface area contributed by atoms with E-state index in [0.717, 1.165) is 16.1 Å². The van der Waals surface area contributed by atoms with E-state index in [1.165, 1.54) is 23.1 Å². The zero-order valence-corrected chi connectivity index (χ0v) is 14.3. The molecule has 1 aromatic carbocycles. The van der Waals surface area contributed by atoms with Gasteiger partial charge in [0.25, 0.3) is 11.1 Å². The van der Waals surface area contributed by atoms with Crippen LogP contribution in [0.2, 0.25) is 0 Å². The highest BCUT2D eigenvalue weighted by Gasteiger charge is 2.19. The van der Waals surface area contributed by atoms with Crippen molar-refractivity contribution in [3.63, 3.8) is 0 Å². The van der Waals surface area contributed by atoms with Crippen LogP contribution in [0, 0.1) is 6.92 Å². The third-order valence-electron chi connectivity index (χ3n) is 3.07. The minimum absolute atomic E-state index is 0.100. The first kappa shape index (κ1) is 15.8. The summed E-state index contributed by atoms with van der Waals surface area (Å²) in [7, 11) is 0. The largest absolute Gasteiger partial charge is 0.410 e. The van der Waals surface area contributed by atoms with Crippen LogP contribution in [0.5, 0.6) is 0 Å². The Kier molecular flexibility index (Phi) is 4.78. The van der Waals surface area contributed by atoms with E-state index in [1.54, 1.807) is 0 Å². The molecule has 2 aromatic heterocycles. The quantitative estimate of drug-likeness (QED) is 0.701. The minimum atomic E-state index is -0.341. The van der Waals surface area contributed by atoms with Gasteiger partial charge in [0, 0.05) is 5.69 Å². The average molecular weight is 345 g/mol. The van der Waals surface area contributed by atoms with Gasteiger partial charge in [-0.15, -0.1) is 21.5 Å². The molecule has 0 saturated heterocycles. The summed E-state index contributed by atoms with van der Waals surface area (Å²) < 4.78 is 5.59. The molecular weight excluding hydrogens is 330 g/mol. The van der Waals surface area contributed by atoms with Gasteiger partial charge in [0.2, 0.25) is 5.91 Å². The van der Waals surface area contributed by atoms with Crippen molar-refractivity contribution < 1.29 is 9.21 Å². The molecule has 1 N–H and O–H groups in total. The molecule has 118 valence electrons. The smallest absolute Gasteiger partial charge is 0.277 e. The van der Waals surface area contributed by atoms with Crippen molar-refractivity contribution in [3.05, 3.63) is 47.3 Å². The monoisotopic (exact) mass is 345 g/mol. The van der Waals surface area contributed by atoms with Gasteiger partial charge in [0.1, 0.15) is 0 Å². The Labute approximate surface area is 142 Å². The zero-order valence-electron chi connectivity index (χ0n) is 12.6. The Morgan fingerprint density at radius 1 is 1.30 bits per heavy atom. The van der Waals surface area contributed by atoms with Crippen LogP contribution in [-0.2, 0) is 4.79 Å². The lowest BCUT2D eigenvalue weighted by atomic mass is 10.2. The normalized spacial score (nSPS) is 12.1. The molecule has 2 heterocycles. The lowest BCUT2D eigenvalue weighted by Gasteiger charge is -2.10. The van der Waals surface area contributed by atoms with E-state index in [4.69, 9.17) is 4.42 Å². The molecule has 23 heavy (non-hydrogen) atoms. The molecule has 3 rings (SSSR count). The fraction of sp³-hybridized carbons (Fsp3) is 0.188. The van der Waals surface area contributed by atoms with Gasteiger partial charge in [-0.2, -0.15) is 0 Å². The molecule has 0 unspecified atom stereocenters. The Morgan fingerprint density at radius 3 is 2.91 bits per heavy atom.